The Labute approximate surface area is 178 Å². The van der Waals surface area contributed by atoms with Crippen molar-refractivity contribution < 1.29 is 14.5 Å². The number of carbonyl (C=O) groups is 1. The first-order valence-corrected chi connectivity index (χ1v) is 10.4. The first-order chi connectivity index (χ1) is 13.9. The van der Waals surface area contributed by atoms with Crippen LogP contribution >= 0.6 is 22.9 Å². The number of amides is 1. The number of rotatable bonds is 7. The average Bonchev–Trinajstić information content (AvgIpc) is 3.12. The lowest BCUT2D eigenvalue weighted by molar-refractivity contribution is -0.384. The van der Waals surface area contributed by atoms with Crippen molar-refractivity contribution in [3.05, 3.63) is 49.7 Å². The van der Waals surface area contributed by atoms with Crippen molar-refractivity contribution in [2.45, 2.75) is 19.5 Å². The Balaban J connectivity index is 1.56. The van der Waals surface area contributed by atoms with Gasteiger partial charge in [0.15, 0.2) is 0 Å². The molecule has 1 atom stereocenters. The minimum Gasteiger partial charge on any atom is -0.496 e. The first-order valence-electron chi connectivity index (χ1n) is 9.21. The van der Waals surface area contributed by atoms with E-state index in [0.29, 0.717) is 5.75 Å². The number of nitro groups is 1. The van der Waals surface area contributed by atoms with Crippen molar-refractivity contribution in [3.8, 4) is 5.75 Å². The summed E-state index contributed by atoms with van der Waals surface area (Å²) < 4.78 is 5.81. The summed E-state index contributed by atoms with van der Waals surface area (Å²) in [6, 6.07) is 7.93. The van der Waals surface area contributed by atoms with Gasteiger partial charge in [-0.15, -0.1) is 11.3 Å². The third-order valence-corrected chi connectivity index (χ3v) is 6.22. The quantitative estimate of drug-likeness (QED) is 0.526. The Morgan fingerprint density at radius 2 is 2.03 bits per heavy atom. The number of nitrogens with zero attached hydrogens (tertiary/aromatic N) is 3. The molecule has 1 fully saturated rings. The topological polar surface area (TPSA) is 88.0 Å². The first kappa shape index (κ1) is 21.5. The van der Waals surface area contributed by atoms with Crippen LogP contribution in [0.1, 0.15) is 11.8 Å². The number of anilines is 1. The van der Waals surface area contributed by atoms with Crippen LogP contribution in [0.2, 0.25) is 4.34 Å². The summed E-state index contributed by atoms with van der Waals surface area (Å²) >= 11 is 7.57. The van der Waals surface area contributed by atoms with Gasteiger partial charge >= 0.3 is 0 Å². The van der Waals surface area contributed by atoms with Gasteiger partial charge in [0.05, 0.1) is 28.5 Å². The number of nitro benzene ring substituents is 1. The van der Waals surface area contributed by atoms with Crippen LogP contribution in [-0.4, -0.2) is 60.0 Å². The lowest BCUT2D eigenvalue weighted by atomic mass is 10.2. The second kappa shape index (κ2) is 9.53. The van der Waals surface area contributed by atoms with Crippen molar-refractivity contribution in [3.63, 3.8) is 0 Å². The van der Waals surface area contributed by atoms with Crippen molar-refractivity contribution >= 4 is 40.2 Å². The van der Waals surface area contributed by atoms with Gasteiger partial charge in [-0.3, -0.25) is 24.7 Å². The van der Waals surface area contributed by atoms with Crippen molar-refractivity contribution in [1.82, 2.24) is 9.80 Å². The molecule has 0 saturated carbocycles. The number of carbonyl (C=O) groups excluding carboxylic acids is 1. The van der Waals surface area contributed by atoms with E-state index in [1.807, 2.05) is 19.1 Å². The van der Waals surface area contributed by atoms with E-state index in [4.69, 9.17) is 16.3 Å². The van der Waals surface area contributed by atoms with E-state index in [0.717, 1.165) is 37.1 Å². The molecule has 0 bridgehead atoms. The lowest BCUT2D eigenvalue weighted by Crippen LogP contribution is -2.52. The van der Waals surface area contributed by atoms with Crippen molar-refractivity contribution in [1.29, 1.82) is 0 Å². The number of piperazine rings is 1. The third kappa shape index (κ3) is 5.45. The highest BCUT2D eigenvalue weighted by atomic mass is 35.5. The average molecular weight is 439 g/mol. The van der Waals surface area contributed by atoms with Crippen molar-refractivity contribution in [2.75, 3.05) is 38.6 Å². The Morgan fingerprint density at radius 3 is 2.62 bits per heavy atom. The van der Waals surface area contributed by atoms with E-state index in [1.165, 1.54) is 24.1 Å². The Bertz CT molecular complexity index is 883. The molecule has 156 valence electrons. The molecule has 1 aliphatic rings. The predicted molar refractivity (Wildman–Crippen MR) is 114 cm³/mol. The fraction of sp³-hybridized carbons (Fsp3) is 0.421. The predicted octanol–water partition coefficient (Wildman–Crippen LogP) is 3.46. The van der Waals surface area contributed by atoms with E-state index in [-0.39, 0.29) is 17.3 Å². The van der Waals surface area contributed by atoms with Gasteiger partial charge in [-0.05, 0) is 31.2 Å². The van der Waals surface area contributed by atoms with Crippen LogP contribution in [-0.2, 0) is 11.3 Å². The molecule has 0 radical (unpaired) electrons. The zero-order chi connectivity index (χ0) is 21.0. The number of nitrogens with one attached hydrogen (secondary N) is 1. The summed E-state index contributed by atoms with van der Waals surface area (Å²) in [6.07, 6.45) is 0. The molecule has 1 N–H and O–H groups in total. The molecule has 1 aliphatic heterocycles. The zero-order valence-electron chi connectivity index (χ0n) is 16.3. The molecule has 2 aromatic rings. The van der Waals surface area contributed by atoms with Gasteiger partial charge in [-0.2, -0.15) is 0 Å². The minimum atomic E-state index is -0.529. The van der Waals surface area contributed by atoms with Crippen LogP contribution in [0.15, 0.2) is 30.3 Å². The molecule has 0 spiro atoms. The van der Waals surface area contributed by atoms with Crippen LogP contribution in [0.5, 0.6) is 5.75 Å². The molecular weight excluding hydrogens is 416 g/mol. The SMILES string of the molecule is COc1ccc(NC(=O)C(C)N2CCN(Cc3ccc(Cl)s3)CC2)c([N+](=O)[O-])c1. The van der Waals surface area contributed by atoms with Gasteiger partial charge < -0.3 is 10.1 Å². The summed E-state index contributed by atoms with van der Waals surface area (Å²) in [5.41, 5.74) is -0.0230. The Hall–Kier alpha value is -2.20. The Morgan fingerprint density at radius 1 is 1.31 bits per heavy atom. The molecule has 1 saturated heterocycles. The summed E-state index contributed by atoms with van der Waals surface area (Å²) in [4.78, 5) is 29.1. The zero-order valence-corrected chi connectivity index (χ0v) is 17.8. The highest BCUT2D eigenvalue weighted by Crippen LogP contribution is 2.29. The fourth-order valence-electron chi connectivity index (χ4n) is 3.26. The number of benzene rings is 1. The van der Waals surface area contributed by atoms with E-state index in [2.05, 4.69) is 15.1 Å². The highest BCUT2D eigenvalue weighted by Gasteiger charge is 2.27. The maximum Gasteiger partial charge on any atom is 0.296 e. The third-order valence-electron chi connectivity index (χ3n) is 5.00. The monoisotopic (exact) mass is 438 g/mol. The molecule has 2 heterocycles. The van der Waals surface area contributed by atoms with Gasteiger partial charge in [0.25, 0.3) is 5.69 Å². The molecule has 1 aromatic heterocycles. The van der Waals surface area contributed by atoms with E-state index < -0.39 is 11.0 Å². The highest BCUT2D eigenvalue weighted by molar-refractivity contribution is 7.16. The molecule has 10 heteroatoms. The lowest BCUT2D eigenvalue weighted by Gasteiger charge is -2.37. The van der Waals surface area contributed by atoms with Crippen LogP contribution < -0.4 is 10.1 Å². The van der Waals surface area contributed by atoms with Crippen LogP contribution in [0.25, 0.3) is 0 Å². The molecule has 29 heavy (non-hydrogen) atoms. The fourth-order valence-corrected chi connectivity index (χ4v) is 4.39. The van der Waals surface area contributed by atoms with Gasteiger partial charge in [-0.25, -0.2) is 0 Å². The number of hydrogen-bond donors (Lipinski definition) is 1. The number of hydrogen-bond acceptors (Lipinski definition) is 7. The normalized spacial score (nSPS) is 16.4. The largest absolute Gasteiger partial charge is 0.496 e. The van der Waals surface area contributed by atoms with Crippen LogP contribution in [0.4, 0.5) is 11.4 Å². The van der Waals surface area contributed by atoms with Gasteiger partial charge in [0.2, 0.25) is 5.91 Å². The molecule has 1 aromatic carbocycles. The summed E-state index contributed by atoms with van der Waals surface area (Å²) in [5, 5.41) is 14.0. The number of thiophene rings is 1. The van der Waals surface area contributed by atoms with Crippen LogP contribution in [0.3, 0.4) is 0 Å². The maximum absolute atomic E-state index is 12.7. The molecule has 1 unspecified atom stereocenters. The smallest absolute Gasteiger partial charge is 0.296 e. The second-order valence-electron chi connectivity index (χ2n) is 6.82. The minimum absolute atomic E-state index is 0.167. The molecule has 3 rings (SSSR count). The number of halogens is 1. The Kier molecular flexibility index (Phi) is 7.07. The maximum atomic E-state index is 12.7. The van der Waals surface area contributed by atoms with E-state index >= 15 is 0 Å². The molecule has 1 amide bonds. The van der Waals surface area contributed by atoms with E-state index in [9.17, 15) is 14.9 Å². The standard InChI is InChI=1S/C19H23ClN4O4S/c1-13(19(25)21-16-5-3-14(28-2)11-17(16)24(26)27)23-9-7-22(8-10-23)12-15-4-6-18(20)29-15/h3-6,11,13H,7-10,12H2,1-2H3,(H,21,25). The summed E-state index contributed by atoms with van der Waals surface area (Å²) in [5.74, 6) is 0.0997. The molecule has 0 aliphatic carbocycles. The summed E-state index contributed by atoms with van der Waals surface area (Å²) in [7, 11) is 1.44. The van der Waals surface area contributed by atoms with Gasteiger partial charge in [0.1, 0.15) is 11.4 Å². The second-order valence-corrected chi connectivity index (χ2v) is 8.62. The summed E-state index contributed by atoms with van der Waals surface area (Å²) in [6.45, 7) is 5.85. The van der Waals surface area contributed by atoms with Gasteiger partial charge in [0, 0.05) is 37.6 Å². The van der Waals surface area contributed by atoms with Gasteiger partial charge in [-0.1, -0.05) is 11.6 Å². The van der Waals surface area contributed by atoms with E-state index in [1.54, 1.807) is 17.4 Å². The molecule has 8 nitrogen and oxygen atoms in total. The number of methoxy groups -OCH3 is 1. The molecular formula is C19H23ClN4O4S. The van der Waals surface area contributed by atoms with Crippen molar-refractivity contribution in [2.24, 2.45) is 0 Å². The van der Waals surface area contributed by atoms with Crippen LogP contribution in [0, 0.1) is 10.1 Å². The number of ether oxygens (including phenoxy) is 1.